The summed E-state index contributed by atoms with van der Waals surface area (Å²) in [6.45, 7) is 50.0. The number of aromatic hydroxyl groups is 1. The van der Waals surface area contributed by atoms with Gasteiger partial charge in [-0.1, -0.05) is 239 Å². The van der Waals surface area contributed by atoms with Gasteiger partial charge in [-0.25, -0.2) is 0 Å². The molecule has 0 saturated heterocycles. The summed E-state index contributed by atoms with van der Waals surface area (Å²) in [4.78, 5) is 18.2. The van der Waals surface area contributed by atoms with Crippen LogP contribution in [0.4, 0.5) is 0 Å². The van der Waals surface area contributed by atoms with Crippen LogP contribution in [0, 0.1) is 125 Å². The second kappa shape index (κ2) is 33.3. The molecule has 1 N–H and O–H groups in total. The molecule has 0 atom stereocenters. The predicted octanol–water partition coefficient (Wildman–Crippen LogP) is 18.0. The Balaban J connectivity index is 0.000000208. The van der Waals surface area contributed by atoms with E-state index in [0.29, 0.717) is 0 Å². The van der Waals surface area contributed by atoms with Crippen LogP contribution in [0.15, 0.2) is 232 Å². The van der Waals surface area contributed by atoms with Crippen molar-refractivity contribution in [2.45, 2.75) is 163 Å². The molecule has 4 aromatic heterocycles. The fourth-order valence-electron chi connectivity index (χ4n) is 19.6. The maximum atomic E-state index is 11.9. The molecule has 560 valence electrons. The Hall–Kier alpha value is -10.5. The molecule has 14 rings (SSSR count). The number of hydrogen-bond donors (Lipinski definition) is 1. The number of phenolic OH excluding ortho intramolecular Hbond substituents is 1. The second-order valence-electron chi connectivity index (χ2n) is 32.9. The van der Waals surface area contributed by atoms with Crippen LogP contribution >= 0.6 is 0 Å². The zero-order chi connectivity index (χ0) is 80.1. The number of rotatable bonds is 16. The third kappa shape index (κ3) is 15.6. The third-order valence-electron chi connectivity index (χ3n) is 24.7. The van der Waals surface area contributed by atoms with Crippen LogP contribution in [-0.4, -0.2) is 38.5 Å². The fourth-order valence-corrected chi connectivity index (χ4v) is 19.6. The Bertz CT molecular complexity index is 5310. The Labute approximate surface area is 695 Å². The van der Waals surface area contributed by atoms with Gasteiger partial charge in [-0.3, -0.25) is 19.9 Å². The van der Waals surface area contributed by atoms with E-state index in [9.17, 15) is 10.2 Å². The van der Waals surface area contributed by atoms with Crippen LogP contribution in [0.25, 0.3) is 66.8 Å². The summed E-state index contributed by atoms with van der Waals surface area (Å²) in [7, 11) is 0. The average Bonchev–Trinajstić information content (AvgIpc) is 0.733. The molecule has 0 unspecified atom stereocenters. The third-order valence-corrected chi connectivity index (χ3v) is 24.7. The minimum absolute atomic E-state index is 0. The molecule has 9 heteroatoms. The van der Waals surface area contributed by atoms with Crippen LogP contribution in [0.2, 0.25) is 0 Å². The molecule has 6 nitrogen and oxygen atoms in total. The molecule has 0 aliphatic heterocycles. The van der Waals surface area contributed by atoms with Crippen LogP contribution in [0.5, 0.6) is 11.5 Å². The van der Waals surface area contributed by atoms with Crippen molar-refractivity contribution in [1.82, 2.24) is 19.9 Å². The zero-order valence-electron chi connectivity index (χ0n) is 70.7. The van der Waals surface area contributed by atoms with Crippen molar-refractivity contribution in [2.75, 3.05) is 0 Å². The summed E-state index contributed by atoms with van der Waals surface area (Å²) < 4.78 is 0. The minimum atomic E-state index is -0.251. The van der Waals surface area contributed by atoms with E-state index in [4.69, 9.17) is 0 Å². The maximum Gasteiger partial charge on any atom is 1.00 e. The van der Waals surface area contributed by atoms with Gasteiger partial charge in [0.25, 0.3) is 0 Å². The van der Waals surface area contributed by atoms with Gasteiger partial charge >= 0.3 is 29.6 Å². The van der Waals surface area contributed by atoms with Crippen molar-refractivity contribution < 1.29 is 39.8 Å². The Morgan fingerprint density at radius 1 is 0.257 bits per heavy atom. The van der Waals surface area contributed by atoms with Gasteiger partial charge in [-0.05, 0) is 295 Å². The van der Waals surface area contributed by atoms with E-state index in [1.54, 1.807) is 24.3 Å². The van der Waals surface area contributed by atoms with Crippen LogP contribution < -0.4 is 67.4 Å². The summed E-state index contributed by atoms with van der Waals surface area (Å²) in [5.41, 5.74) is 50.1. The topological polar surface area (TPSA) is 94.9 Å². The van der Waals surface area contributed by atoms with Crippen LogP contribution in [-0.2, 0) is 10.8 Å². The minimum Gasteiger partial charge on any atom is -0.872 e. The zero-order valence-corrected chi connectivity index (χ0v) is 72.7. The SMILES string of the molecule is Cc1cc(C)c(-c2ccc(C(C)(C)c3ccc(O)cc3)cc2)c(C)c1B(c1c(C)cc(C)c(-c2cccnc2)c1C)c1c(C)cc(C)c(-c2cccnc2)c1C.Cc1cc(C)c(-c2ccc(C(C)(C)c3ccc([O-])cc3)cc2)c(C)c1B(c1c(C)cc(C)c(-c2cccnc2)c1C)c1c(C)cc(C)c(-c2cccnc2)c1C.[Na+]. The van der Waals surface area contributed by atoms with E-state index in [1.807, 2.05) is 98.1 Å². The molecular weight excluding hydrogens is 1380 g/mol. The fraction of sp³-hybridized carbons (Fsp3) is 0.231. The van der Waals surface area contributed by atoms with Crippen LogP contribution in [0.1, 0.15) is 150 Å². The van der Waals surface area contributed by atoms with E-state index in [-0.39, 0.29) is 65.3 Å². The van der Waals surface area contributed by atoms with Crippen molar-refractivity contribution >= 4 is 46.2 Å². The number of hydrogen-bond acceptors (Lipinski definition) is 6. The molecule has 0 fully saturated rings. The van der Waals surface area contributed by atoms with Gasteiger partial charge in [0.1, 0.15) is 5.75 Å². The van der Waals surface area contributed by atoms with Gasteiger partial charge in [0.2, 0.25) is 13.4 Å². The standard InChI is InChI=1S/2C52H53BN2O.Na/c2*1-31-26-34(4)49(37(7)46(31)40-16-18-43(19-17-40)52(10,11)44-20-22-45(56)23-21-44)53(50-35(5)27-32(2)47(38(50)8)41-14-12-24-54-29-41)51-36(6)28-33(3)48(39(51)9)42-15-13-25-55-30-42;/h2*12-30,56H,1-11H3;/q;;+1/p-1. The Kier molecular flexibility index (Phi) is 24.2. The quantitative estimate of drug-likeness (QED) is 0.0969. The predicted molar refractivity (Wildman–Crippen MR) is 475 cm³/mol. The molecule has 14 aromatic rings. The summed E-state index contributed by atoms with van der Waals surface area (Å²) in [5, 5.41) is 21.8. The molecule has 113 heavy (non-hydrogen) atoms. The maximum absolute atomic E-state index is 11.9. The van der Waals surface area contributed by atoms with Crippen molar-refractivity contribution in [1.29, 1.82) is 0 Å². The van der Waals surface area contributed by atoms with Gasteiger partial charge in [-0.2, -0.15) is 0 Å². The number of nitrogens with zero attached hydrogens (tertiary/aromatic N) is 4. The summed E-state index contributed by atoms with van der Waals surface area (Å²) >= 11 is 0. The molecule has 10 aromatic carbocycles. The smallest absolute Gasteiger partial charge is 0.872 e. The molecule has 0 amide bonds. The number of aryl methyl sites for hydroxylation is 12. The van der Waals surface area contributed by atoms with Crippen molar-refractivity contribution in [2.24, 2.45) is 0 Å². The van der Waals surface area contributed by atoms with Crippen molar-refractivity contribution in [3.05, 3.63) is 354 Å². The molecular formula is C104H105B2N4NaO2. The first-order chi connectivity index (χ1) is 53.4. The average molecular weight is 1490 g/mol. The van der Waals surface area contributed by atoms with E-state index < -0.39 is 0 Å². The summed E-state index contributed by atoms with van der Waals surface area (Å²) in [6.07, 6.45) is 15.4. The monoisotopic (exact) mass is 1490 g/mol. The van der Waals surface area contributed by atoms with Crippen LogP contribution in [0.3, 0.4) is 0 Å². The first-order valence-electron chi connectivity index (χ1n) is 39.5. The van der Waals surface area contributed by atoms with E-state index in [1.165, 1.54) is 194 Å². The summed E-state index contributed by atoms with van der Waals surface area (Å²) in [6, 6.07) is 64.3. The second-order valence-corrected chi connectivity index (χ2v) is 32.9. The number of aromatic nitrogens is 4. The molecule has 0 radical (unpaired) electrons. The molecule has 4 heterocycles. The Morgan fingerprint density at radius 3 is 0.655 bits per heavy atom. The number of benzene rings is 10. The van der Waals surface area contributed by atoms with Crippen molar-refractivity contribution in [3.63, 3.8) is 0 Å². The van der Waals surface area contributed by atoms with E-state index in [0.717, 1.165) is 27.8 Å². The summed E-state index contributed by atoms with van der Waals surface area (Å²) in [5.74, 6) is 0.320. The van der Waals surface area contributed by atoms with Gasteiger partial charge in [0.05, 0.1) is 0 Å². The molecule has 0 aliphatic carbocycles. The number of phenols is 1. The van der Waals surface area contributed by atoms with Crippen molar-refractivity contribution in [3.8, 4) is 78.3 Å². The largest absolute Gasteiger partial charge is 1.00 e. The van der Waals surface area contributed by atoms with Gasteiger partial charge in [0, 0.05) is 82.7 Å². The molecule has 0 aliphatic rings. The molecule has 0 spiro atoms. The van der Waals surface area contributed by atoms with Gasteiger partial charge < -0.3 is 10.2 Å². The van der Waals surface area contributed by atoms with Gasteiger partial charge in [-0.15, -0.1) is 5.75 Å². The Morgan fingerprint density at radius 2 is 0.451 bits per heavy atom. The number of pyridine rings is 4. The first-order valence-corrected chi connectivity index (χ1v) is 39.5. The molecule has 0 saturated carbocycles. The van der Waals surface area contributed by atoms with E-state index in [2.05, 4.69) is 281 Å². The first kappa shape index (κ1) is 82.0. The van der Waals surface area contributed by atoms with Gasteiger partial charge in [0.15, 0.2) is 0 Å². The molecule has 0 bridgehead atoms. The normalized spacial score (nSPS) is 11.5. The van der Waals surface area contributed by atoms with E-state index >= 15 is 0 Å².